The van der Waals surface area contributed by atoms with Crippen molar-refractivity contribution in [2.75, 3.05) is 0 Å². The number of hydrogen-bond acceptors (Lipinski definition) is 7. The molecule has 7 nitrogen and oxygen atoms in total. The van der Waals surface area contributed by atoms with Gasteiger partial charge >= 0.3 is 36.2 Å². The predicted octanol–water partition coefficient (Wildman–Crippen LogP) is 2.40. The quantitative estimate of drug-likeness (QED) is 0.583. The predicted molar refractivity (Wildman–Crippen MR) is 109 cm³/mol. The SMILES string of the molecule is CCC(C)O[Si]1(C)O[SiH](C)O[SiH](C)O[SiH](C)O[Si](C)(OC(C)CC)O1. The zero-order chi connectivity index (χ0) is 19.3. The van der Waals surface area contributed by atoms with E-state index in [2.05, 4.69) is 13.8 Å². The van der Waals surface area contributed by atoms with Gasteiger partial charge in [-0.2, -0.15) is 0 Å². The molecule has 150 valence electrons. The second-order valence-corrected chi connectivity index (χ2v) is 18.9. The summed E-state index contributed by atoms with van der Waals surface area (Å²) in [5.41, 5.74) is 0. The summed E-state index contributed by atoms with van der Waals surface area (Å²) >= 11 is 0. The molecule has 0 spiro atoms. The molecule has 1 aliphatic heterocycles. The topological polar surface area (TPSA) is 64.6 Å². The summed E-state index contributed by atoms with van der Waals surface area (Å²) < 4.78 is 43.4. The van der Waals surface area contributed by atoms with Crippen LogP contribution >= 0.6 is 0 Å². The Bertz CT molecular complexity index is 375. The summed E-state index contributed by atoms with van der Waals surface area (Å²) in [5.74, 6) is 0. The van der Waals surface area contributed by atoms with E-state index in [1.54, 1.807) is 0 Å². The van der Waals surface area contributed by atoms with Crippen molar-refractivity contribution in [1.29, 1.82) is 0 Å². The van der Waals surface area contributed by atoms with Gasteiger partial charge in [0.1, 0.15) is 0 Å². The summed E-state index contributed by atoms with van der Waals surface area (Å²) in [6.07, 6.45) is 1.86. The van der Waals surface area contributed by atoms with Crippen molar-refractivity contribution in [1.82, 2.24) is 0 Å². The minimum atomic E-state index is -2.96. The van der Waals surface area contributed by atoms with Crippen molar-refractivity contribution in [2.24, 2.45) is 0 Å². The Hall–Kier alpha value is 0.804. The molecule has 0 amide bonds. The third kappa shape index (κ3) is 8.57. The van der Waals surface area contributed by atoms with E-state index >= 15 is 0 Å². The largest absolute Gasteiger partial charge is 0.481 e. The Morgan fingerprint density at radius 2 is 1.12 bits per heavy atom. The fourth-order valence-corrected chi connectivity index (χ4v) is 20.6. The molecule has 0 N–H and O–H groups in total. The standard InChI is InChI=1S/C13H36O7Si5/c1-10-12(3)14-24(8)18-22(6)16-21(5)17-23(7)19-25(9,20-24)15-13(4)11-2/h12-13,21-23H,10-11H2,1-9H3. The fourth-order valence-electron chi connectivity index (χ4n) is 2.62. The maximum atomic E-state index is 6.44. The molecule has 1 heterocycles. The van der Waals surface area contributed by atoms with Gasteiger partial charge in [-0.3, -0.25) is 0 Å². The van der Waals surface area contributed by atoms with Crippen LogP contribution in [0.15, 0.2) is 0 Å². The average Bonchev–Trinajstić information content (AvgIpc) is 2.43. The number of rotatable bonds is 6. The van der Waals surface area contributed by atoms with E-state index in [1.165, 1.54) is 0 Å². The van der Waals surface area contributed by atoms with Crippen LogP contribution in [0.3, 0.4) is 0 Å². The lowest BCUT2D eigenvalue weighted by molar-refractivity contribution is 0.0523. The highest BCUT2D eigenvalue weighted by Crippen LogP contribution is 2.26. The van der Waals surface area contributed by atoms with Crippen molar-refractivity contribution in [2.45, 2.75) is 85.5 Å². The molecule has 0 aromatic heterocycles. The smallest absolute Gasteiger partial charge is 0.420 e. The highest BCUT2D eigenvalue weighted by atomic mass is 28.5. The van der Waals surface area contributed by atoms with Crippen LogP contribution in [-0.2, 0) is 29.4 Å². The molecular weight excluding hydrogens is 409 g/mol. The fraction of sp³-hybridized carbons (Fsp3) is 1.00. The van der Waals surface area contributed by atoms with Gasteiger partial charge in [-0.1, -0.05) is 13.8 Å². The van der Waals surface area contributed by atoms with Crippen molar-refractivity contribution < 1.29 is 29.4 Å². The van der Waals surface area contributed by atoms with Crippen LogP contribution < -0.4 is 0 Å². The van der Waals surface area contributed by atoms with Gasteiger partial charge in [0, 0.05) is 25.3 Å². The van der Waals surface area contributed by atoms with Gasteiger partial charge in [0.25, 0.3) is 9.28 Å². The molecule has 1 saturated heterocycles. The molecule has 0 bridgehead atoms. The normalized spacial score (nSPS) is 40.4. The highest BCUT2D eigenvalue weighted by Gasteiger charge is 2.51. The van der Waals surface area contributed by atoms with Gasteiger partial charge in [0.05, 0.1) is 0 Å². The van der Waals surface area contributed by atoms with E-state index in [1.807, 2.05) is 46.6 Å². The van der Waals surface area contributed by atoms with Gasteiger partial charge in [0.2, 0.25) is 0 Å². The monoisotopic (exact) mass is 444 g/mol. The molecule has 1 aliphatic rings. The third-order valence-corrected chi connectivity index (χ3v) is 20.7. The summed E-state index contributed by atoms with van der Waals surface area (Å²) in [4.78, 5) is 0. The zero-order valence-electron chi connectivity index (χ0n) is 17.2. The number of hydrogen-bond donors (Lipinski definition) is 0. The maximum absolute atomic E-state index is 6.44. The van der Waals surface area contributed by atoms with Crippen molar-refractivity contribution >= 4 is 45.5 Å². The van der Waals surface area contributed by atoms with Crippen LogP contribution in [0, 0.1) is 0 Å². The van der Waals surface area contributed by atoms with E-state index in [-0.39, 0.29) is 12.2 Å². The molecule has 0 aliphatic carbocycles. The Morgan fingerprint density at radius 3 is 1.44 bits per heavy atom. The van der Waals surface area contributed by atoms with E-state index in [0.29, 0.717) is 0 Å². The lowest BCUT2D eigenvalue weighted by atomic mass is 10.3. The van der Waals surface area contributed by atoms with E-state index < -0.39 is 45.5 Å². The van der Waals surface area contributed by atoms with Crippen LogP contribution in [0.5, 0.6) is 0 Å². The van der Waals surface area contributed by atoms with Crippen LogP contribution in [-0.4, -0.2) is 57.7 Å². The van der Waals surface area contributed by atoms with Gasteiger partial charge in [-0.05, 0) is 46.3 Å². The maximum Gasteiger partial charge on any atom is 0.481 e. The molecule has 0 aromatic carbocycles. The molecule has 6 unspecified atom stereocenters. The summed E-state index contributed by atoms with van der Waals surface area (Å²) in [6.45, 7) is 18.1. The van der Waals surface area contributed by atoms with Crippen molar-refractivity contribution in [3.05, 3.63) is 0 Å². The molecule has 1 rings (SSSR count). The summed E-state index contributed by atoms with van der Waals surface area (Å²) in [5, 5.41) is 0. The van der Waals surface area contributed by atoms with E-state index in [4.69, 9.17) is 29.4 Å². The van der Waals surface area contributed by atoms with Crippen LogP contribution in [0.25, 0.3) is 0 Å². The molecule has 0 saturated carbocycles. The first-order valence-corrected chi connectivity index (χ1v) is 20.0. The van der Waals surface area contributed by atoms with E-state index in [9.17, 15) is 0 Å². The van der Waals surface area contributed by atoms with Crippen molar-refractivity contribution in [3.8, 4) is 0 Å². The molecule has 0 aromatic rings. The Balaban J connectivity index is 3.11. The first kappa shape index (κ1) is 23.8. The zero-order valence-corrected chi connectivity index (χ0v) is 22.6. The lowest BCUT2D eigenvalue weighted by Crippen LogP contribution is -2.61. The molecule has 25 heavy (non-hydrogen) atoms. The summed E-state index contributed by atoms with van der Waals surface area (Å²) in [6, 6.07) is 0. The molecule has 12 heteroatoms. The second-order valence-electron chi connectivity index (χ2n) is 6.71. The first-order chi connectivity index (χ1) is 11.5. The lowest BCUT2D eigenvalue weighted by Gasteiger charge is -2.41. The molecule has 0 radical (unpaired) electrons. The minimum absolute atomic E-state index is 0.0447. The van der Waals surface area contributed by atoms with Gasteiger partial charge in [-0.25, -0.2) is 0 Å². The van der Waals surface area contributed by atoms with Crippen LogP contribution in [0.1, 0.15) is 40.5 Å². The highest BCUT2D eigenvalue weighted by molar-refractivity contribution is 6.81. The second kappa shape index (κ2) is 10.4. The Morgan fingerprint density at radius 1 is 0.760 bits per heavy atom. The molecule has 1 fully saturated rings. The van der Waals surface area contributed by atoms with Gasteiger partial charge in [-0.15, -0.1) is 0 Å². The average molecular weight is 445 g/mol. The Kier molecular flexibility index (Phi) is 9.90. The minimum Gasteiger partial charge on any atom is -0.420 e. The van der Waals surface area contributed by atoms with Gasteiger partial charge in [0.15, 0.2) is 0 Å². The first-order valence-electron chi connectivity index (χ1n) is 9.23. The molecular formula is C13H36O7Si5. The molecule has 6 atom stereocenters. The van der Waals surface area contributed by atoms with Crippen LogP contribution in [0.4, 0.5) is 0 Å². The van der Waals surface area contributed by atoms with Gasteiger partial charge < -0.3 is 29.4 Å². The van der Waals surface area contributed by atoms with E-state index in [0.717, 1.165) is 12.8 Å². The third-order valence-electron chi connectivity index (χ3n) is 3.88. The Labute approximate surface area is 160 Å². The summed E-state index contributed by atoms with van der Waals surface area (Å²) in [7, 11) is -11.5. The van der Waals surface area contributed by atoms with Crippen molar-refractivity contribution in [3.63, 3.8) is 0 Å². The van der Waals surface area contributed by atoms with Crippen LogP contribution in [0.2, 0.25) is 32.7 Å².